The van der Waals surface area contributed by atoms with E-state index in [1.807, 2.05) is 26.1 Å². The summed E-state index contributed by atoms with van der Waals surface area (Å²) in [5.74, 6) is -0.136. The molecule has 0 fully saturated rings. The molecule has 2 nitrogen and oxygen atoms in total. The molecule has 0 saturated carbocycles. The molecule has 0 bridgehead atoms. The molecule has 0 saturated heterocycles. The van der Waals surface area contributed by atoms with Crippen LogP contribution in [0.3, 0.4) is 0 Å². The molecule has 1 atom stereocenters. The third-order valence-corrected chi connectivity index (χ3v) is 2.81. The second-order valence-corrected chi connectivity index (χ2v) is 4.67. The Labute approximate surface area is 103 Å². The number of aliphatic hydroxyl groups is 1. The standard InChI is InChI=1S/C14H22FNO/c1-12(17)7-5-6-10-16(2)11-13-8-3-4-9-14(13)15/h3-4,8-9,12,17H,5-7,10-11H2,1-2H3. The van der Waals surface area contributed by atoms with Crippen molar-refractivity contribution < 1.29 is 9.50 Å². The first-order chi connectivity index (χ1) is 8.09. The average Bonchev–Trinajstić information content (AvgIpc) is 2.27. The molecule has 1 N–H and O–H groups in total. The van der Waals surface area contributed by atoms with Gasteiger partial charge < -0.3 is 10.0 Å². The quantitative estimate of drug-likeness (QED) is 0.740. The van der Waals surface area contributed by atoms with Crippen LogP contribution < -0.4 is 0 Å². The van der Waals surface area contributed by atoms with Crippen molar-refractivity contribution >= 4 is 0 Å². The van der Waals surface area contributed by atoms with Crippen molar-refractivity contribution in [3.8, 4) is 0 Å². The van der Waals surface area contributed by atoms with Gasteiger partial charge in [0.1, 0.15) is 5.82 Å². The van der Waals surface area contributed by atoms with E-state index in [4.69, 9.17) is 5.11 Å². The van der Waals surface area contributed by atoms with Gasteiger partial charge in [0.2, 0.25) is 0 Å². The molecule has 0 radical (unpaired) electrons. The molecule has 0 spiro atoms. The van der Waals surface area contributed by atoms with Gasteiger partial charge in [0.05, 0.1) is 6.10 Å². The van der Waals surface area contributed by atoms with Crippen LogP contribution in [0.4, 0.5) is 4.39 Å². The molecule has 1 rings (SSSR count). The van der Waals surface area contributed by atoms with E-state index in [0.29, 0.717) is 6.54 Å². The lowest BCUT2D eigenvalue weighted by Crippen LogP contribution is -2.20. The van der Waals surface area contributed by atoms with E-state index in [1.54, 1.807) is 6.07 Å². The van der Waals surface area contributed by atoms with Crippen LogP contribution in [0.2, 0.25) is 0 Å². The van der Waals surface area contributed by atoms with Gasteiger partial charge in [0, 0.05) is 12.1 Å². The van der Waals surface area contributed by atoms with Crippen LogP contribution >= 0.6 is 0 Å². The summed E-state index contributed by atoms with van der Waals surface area (Å²) < 4.78 is 13.4. The molecular formula is C14H22FNO. The second kappa shape index (κ2) is 7.41. The van der Waals surface area contributed by atoms with Crippen molar-refractivity contribution in [2.45, 2.75) is 38.8 Å². The van der Waals surface area contributed by atoms with Crippen LogP contribution in [0.25, 0.3) is 0 Å². The Balaban J connectivity index is 2.25. The summed E-state index contributed by atoms with van der Waals surface area (Å²) in [6.45, 7) is 3.38. The summed E-state index contributed by atoms with van der Waals surface area (Å²) in [7, 11) is 1.99. The molecule has 0 amide bonds. The van der Waals surface area contributed by atoms with Gasteiger partial charge in [-0.3, -0.25) is 0 Å². The van der Waals surface area contributed by atoms with Gasteiger partial charge in [0.15, 0.2) is 0 Å². The third-order valence-electron chi connectivity index (χ3n) is 2.81. The van der Waals surface area contributed by atoms with E-state index in [1.165, 1.54) is 6.07 Å². The lowest BCUT2D eigenvalue weighted by atomic mass is 10.1. The highest BCUT2D eigenvalue weighted by Gasteiger charge is 2.04. The number of halogens is 1. The first-order valence-corrected chi connectivity index (χ1v) is 6.19. The Morgan fingerprint density at radius 3 is 2.65 bits per heavy atom. The molecule has 3 heteroatoms. The Bertz CT molecular complexity index is 328. The molecule has 0 aliphatic heterocycles. The number of rotatable bonds is 7. The lowest BCUT2D eigenvalue weighted by molar-refractivity contribution is 0.178. The predicted molar refractivity (Wildman–Crippen MR) is 68.3 cm³/mol. The smallest absolute Gasteiger partial charge is 0.127 e. The Morgan fingerprint density at radius 1 is 1.29 bits per heavy atom. The summed E-state index contributed by atoms with van der Waals surface area (Å²) in [6.07, 6.45) is 2.68. The van der Waals surface area contributed by atoms with Crippen molar-refractivity contribution in [3.05, 3.63) is 35.6 Å². The Morgan fingerprint density at radius 2 is 2.00 bits per heavy atom. The fraction of sp³-hybridized carbons (Fsp3) is 0.571. The molecule has 1 unspecified atom stereocenters. The molecular weight excluding hydrogens is 217 g/mol. The van der Waals surface area contributed by atoms with E-state index < -0.39 is 0 Å². The average molecular weight is 239 g/mol. The summed E-state index contributed by atoms with van der Waals surface area (Å²) in [5, 5.41) is 9.13. The molecule has 1 aromatic rings. The van der Waals surface area contributed by atoms with Gasteiger partial charge in [0.25, 0.3) is 0 Å². The lowest BCUT2D eigenvalue weighted by Gasteiger charge is -2.17. The maximum Gasteiger partial charge on any atom is 0.127 e. The van der Waals surface area contributed by atoms with Gasteiger partial charge in [-0.1, -0.05) is 18.2 Å². The van der Waals surface area contributed by atoms with E-state index in [9.17, 15) is 4.39 Å². The van der Waals surface area contributed by atoms with Crippen molar-refractivity contribution in [2.24, 2.45) is 0 Å². The molecule has 0 heterocycles. The SMILES string of the molecule is CC(O)CCCCN(C)Cc1ccccc1F. The monoisotopic (exact) mass is 239 g/mol. The molecule has 1 aromatic carbocycles. The maximum atomic E-state index is 13.4. The minimum absolute atomic E-state index is 0.136. The number of unbranched alkanes of at least 4 members (excludes halogenated alkanes) is 1. The fourth-order valence-corrected chi connectivity index (χ4v) is 1.82. The number of hydrogen-bond donors (Lipinski definition) is 1. The number of aliphatic hydroxyl groups excluding tert-OH is 1. The van der Waals surface area contributed by atoms with Crippen molar-refractivity contribution in [3.63, 3.8) is 0 Å². The van der Waals surface area contributed by atoms with Crippen LogP contribution in [0.5, 0.6) is 0 Å². The third kappa shape index (κ3) is 5.80. The first-order valence-electron chi connectivity index (χ1n) is 6.19. The largest absolute Gasteiger partial charge is 0.393 e. The van der Waals surface area contributed by atoms with Crippen molar-refractivity contribution in [1.82, 2.24) is 4.90 Å². The van der Waals surface area contributed by atoms with E-state index in [-0.39, 0.29) is 11.9 Å². The summed E-state index contributed by atoms with van der Waals surface area (Å²) >= 11 is 0. The molecule has 0 aromatic heterocycles. The molecule has 0 aliphatic rings. The minimum Gasteiger partial charge on any atom is -0.393 e. The molecule has 0 aliphatic carbocycles. The number of nitrogens with zero attached hydrogens (tertiary/aromatic N) is 1. The van der Waals surface area contributed by atoms with Crippen molar-refractivity contribution in [2.75, 3.05) is 13.6 Å². The number of hydrogen-bond acceptors (Lipinski definition) is 2. The minimum atomic E-state index is -0.216. The fourth-order valence-electron chi connectivity index (χ4n) is 1.82. The van der Waals surface area contributed by atoms with Crippen LogP contribution in [-0.2, 0) is 6.54 Å². The van der Waals surface area contributed by atoms with Crippen LogP contribution in [0, 0.1) is 5.82 Å². The first kappa shape index (κ1) is 14.1. The van der Waals surface area contributed by atoms with E-state index in [2.05, 4.69) is 4.90 Å². The highest BCUT2D eigenvalue weighted by molar-refractivity contribution is 5.16. The van der Waals surface area contributed by atoms with E-state index >= 15 is 0 Å². The van der Waals surface area contributed by atoms with Crippen LogP contribution in [-0.4, -0.2) is 29.7 Å². The highest BCUT2D eigenvalue weighted by Crippen LogP contribution is 2.09. The Hall–Kier alpha value is -0.930. The summed E-state index contributed by atoms with van der Waals surface area (Å²) in [5.41, 5.74) is 0.741. The van der Waals surface area contributed by atoms with E-state index in [0.717, 1.165) is 31.4 Å². The number of benzene rings is 1. The molecule has 96 valence electrons. The summed E-state index contributed by atoms with van der Waals surface area (Å²) in [6, 6.07) is 6.89. The summed E-state index contributed by atoms with van der Waals surface area (Å²) in [4.78, 5) is 2.11. The predicted octanol–water partition coefficient (Wildman–Crippen LogP) is 2.81. The maximum absolute atomic E-state index is 13.4. The normalized spacial score (nSPS) is 13.0. The zero-order valence-electron chi connectivity index (χ0n) is 10.7. The van der Waals surface area contributed by atoms with Crippen molar-refractivity contribution in [1.29, 1.82) is 0 Å². The van der Waals surface area contributed by atoms with Gasteiger partial charge in [-0.05, 0) is 45.8 Å². The highest BCUT2D eigenvalue weighted by atomic mass is 19.1. The van der Waals surface area contributed by atoms with Crippen LogP contribution in [0.15, 0.2) is 24.3 Å². The zero-order chi connectivity index (χ0) is 12.7. The van der Waals surface area contributed by atoms with Gasteiger partial charge in [-0.15, -0.1) is 0 Å². The van der Waals surface area contributed by atoms with Crippen LogP contribution in [0.1, 0.15) is 31.7 Å². The molecule has 17 heavy (non-hydrogen) atoms. The van der Waals surface area contributed by atoms with Gasteiger partial charge >= 0.3 is 0 Å². The van der Waals surface area contributed by atoms with Gasteiger partial charge in [-0.25, -0.2) is 4.39 Å². The zero-order valence-corrected chi connectivity index (χ0v) is 10.7. The Kier molecular flexibility index (Phi) is 6.16. The topological polar surface area (TPSA) is 23.5 Å². The second-order valence-electron chi connectivity index (χ2n) is 4.67. The van der Waals surface area contributed by atoms with Gasteiger partial charge in [-0.2, -0.15) is 0 Å².